The number of halogens is 1. The van der Waals surface area contributed by atoms with Crippen molar-refractivity contribution in [1.29, 1.82) is 0 Å². The predicted molar refractivity (Wildman–Crippen MR) is 132 cm³/mol. The Balaban J connectivity index is 3.03. The summed E-state index contributed by atoms with van der Waals surface area (Å²) in [5, 5.41) is 3.01. The zero-order valence-electron chi connectivity index (χ0n) is 20.3. The molecule has 0 aliphatic carbocycles. The molecule has 0 radical (unpaired) electrons. The van der Waals surface area contributed by atoms with Gasteiger partial charge in [-0.15, -0.1) is 0 Å². The van der Waals surface area contributed by atoms with Crippen LogP contribution in [-0.2, 0) is 14.0 Å². The molecule has 0 aliphatic heterocycles. The Kier molecular flexibility index (Phi) is 10.2. The molecule has 0 fully saturated rings. The SMILES string of the molecule is CC(C)(C)OC(=O)NCCN(C(=O)CBr)[C@@H](CO[Si](C)(C)C(C)(C)C)c1ccccc1. The number of hydrogen-bond donors (Lipinski definition) is 1. The number of alkyl carbamates (subject to hydrolysis) is 1. The summed E-state index contributed by atoms with van der Waals surface area (Å²) in [7, 11) is -2.01. The van der Waals surface area contributed by atoms with Gasteiger partial charge in [-0.2, -0.15) is 0 Å². The zero-order valence-corrected chi connectivity index (χ0v) is 22.8. The minimum Gasteiger partial charge on any atom is -0.444 e. The number of nitrogens with zero attached hydrogens (tertiary/aromatic N) is 1. The first-order chi connectivity index (χ1) is 14.2. The van der Waals surface area contributed by atoms with Gasteiger partial charge in [0.1, 0.15) is 5.60 Å². The summed E-state index contributed by atoms with van der Waals surface area (Å²) in [4.78, 5) is 26.6. The lowest BCUT2D eigenvalue weighted by atomic mass is 10.1. The topological polar surface area (TPSA) is 67.9 Å². The molecule has 6 nitrogen and oxygen atoms in total. The van der Waals surface area contributed by atoms with E-state index in [1.54, 1.807) is 4.90 Å². The van der Waals surface area contributed by atoms with Crippen LogP contribution >= 0.6 is 15.9 Å². The summed E-state index contributed by atoms with van der Waals surface area (Å²) in [5.74, 6) is -0.0568. The second-order valence-electron chi connectivity index (χ2n) is 10.1. The second-order valence-corrected chi connectivity index (χ2v) is 15.5. The maximum absolute atomic E-state index is 12.8. The van der Waals surface area contributed by atoms with Gasteiger partial charge in [0.15, 0.2) is 8.32 Å². The molecule has 0 aliphatic rings. The largest absolute Gasteiger partial charge is 0.444 e. The van der Waals surface area contributed by atoms with Crippen LogP contribution in [0.15, 0.2) is 30.3 Å². The molecule has 1 aromatic carbocycles. The zero-order chi connectivity index (χ0) is 23.9. The van der Waals surface area contributed by atoms with Gasteiger partial charge in [0.05, 0.1) is 18.0 Å². The Hall–Kier alpha value is -1.38. The first-order valence-corrected chi connectivity index (χ1v) is 14.7. The van der Waals surface area contributed by atoms with E-state index in [2.05, 4.69) is 55.1 Å². The van der Waals surface area contributed by atoms with Crippen molar-refractivity contribution in [2.45, 2.75) is 71.3 Å². The van der Waals surface area contributed by atoms with E-state index < -0.39 is 20.0 Å². The fourth-order valence-electron chi connectivity index (χ4n) is 2.67. The lowest BCUT2D eigenvalue weighted by molar-refractivity contribution is -0.131. The van der Waals surface area contributed by atoms with E-state index in [4.69, 9.17) is 9.16 Å². The van der Waals surface area contributed by atoms with Crippen molar-refractivity contribution in [1.82, 2.24) is 10.2 Å². The van der Waals surface area contributed by atoms with Crippen LogP contribution < -0.4 is 5.32 Å². The van der Waals surface area contributed by atoms with Crippen molar-refractivity contribution in [3.63, 3.8) is 0 Å². The molecule has 0 saturated heterocycles. The van der Waals surface area contributed by atoms with Crippen LogP contribution in [0.3, 0.4) is 0 Å². The highest BCUT2D eigenvalue weighted by molar-refractivity contribution is 9.09. The maximum Gasteiger partial charge on any atom is 0.407 e. The van der Waals surface area contributed by atoms with E-state index >= 15 is 0 Å². The Morgan fingerprint density at radius 3 is 2.16 bits per heavy atom. The third-order valence-electron chi connectivity index (χ3n) is 5.42. The van der Waals surface area contributed by atoms with Crippen molar-refractivity contribution in [2.75, 3.05) is 25.0 Å². The third-order valence-corrected chi connectivity index (χ3v) is 10.4. The van der Waals surface area contributed by atoms with Crippen molar-refractivity contribution < 1.29 is 18.8 Å². The first-order valence-electron chi connectivity index (χ1n) is 10.7. The molecule has 1 atom stereocenters. The highest BCUT2D eigenvalue weighted by Gasteiger charge is 2.38. The van der Waals surface area contributed by atoms with Crippen molar-refractivity contribution in [3.05, 3.63) is 35.9 Å². The molecular formula is C23H39BrN2O4Si. The summed E-state index contributed by atoms with van der Waals surface area (Å²) >= 11 is 3.30. The fraction of sp³-hybridized carbons (Fsp3) is 0.652. The Morgan fingerprint density at radius 2 is 1.68 bits per heavy atom. The lowest BCUT2D eigenvalue weighted by Crippen LogP contribution is -2.47. The van der Waals surface area contributed by atoms with Crippen LogP contribution in [0.4, 0.5) is 4.79 Å². The predicted octanol–water partition coefficient (Wildman–Crippen LogP) is 5.50. The van der Waals surface area contributed by atoms with Crippen LogP contribution in [0.1, 0.15) is 53.1 Å². The molecule has 2 amide bonds. The van der Waals surface area contributed by atoms with Gasteiger partial charge in [-0.3, -0.25) is 4.79 Å². The summed E-state index contributed by atoms with van der Waals surface area (Å²) < 4.78 is 11.8. The van der Waals surface area contributed by atoms with Crippen LogP contribution in [0.25, 0.3) is 0 Å². The van der Waals surface area contributed by atoms with Crippen molar-refractivity contribution in [3.8, 4) is 0 Å². The summed E-state index contributed by atoms with van der Waals surface area (Å²) in [6.07, 6.45) is -0.493. The van der Waals surface area contributed by atoms with Crippen LogP contribution in [0.2, 0.25) is 18.1 Å². The van der Waals surface area contributed by atoms with E-state index in [0.717, 1.165) is 5.56 Å². The molecule has 0 spiro atoms. The average molecular weight is 516 g/mol. The van der Waals surface area contributed by atoms with Gasteiger partial charge in [-0.25, -0.2) is 4.79 Å². The molecular weight excluding hydrogens is 476 g/mol. The van der Waals surface area contributed by atoms with Gasteiger partial charge in [0, 0.05) is 13.1 Å². The average Bonchev–Trinajstić information content (AvgIpc) is 2.64. The highest BCUT2D eigenvalue weighted by atomic mass is 79.9. The Bertz CT molecular complexity index is 715. The summed E-state index contributed by atoms with van der Waals surface area (Å²) in [5.41, 5.74) is 0.437. The van der Waals surface area contributed by atoms with Crippen molar-refractivity contribution >= 4 is 36.2 Å². The van der Waals surface area contributed by atoms with Crippen LogP contribution in [-0.4, -0.2) is 55.8 Å². The molecule has 1 N–H and O–H groups in total. The van der Waals surface area contributed by atoms with E-state index in [-0.39, 0.29) is 28.9 Å². The molecule has 0 bridgehead atoms. The number of carbonyl (C=O) groups excluding carboxylic acids is 2. The smallest absolute Gasteiger partial charge is 0.407 e. The van der Waals surface area contributed by atoms with Gasteiger partial charge in [-0.05, 0) is 44.5 Å². The number of benzene rings is 1. The maximum atomic E-state index is 12.8. The number of ether oxygens (including phenoxy) is 1. The van der Waals surface area contributed by atoms with Gasteiger partial charge in [-0.1, -0.05) is 67.0 Å². The fourth-order valence-corrected chi connectivity index (χ4v) is 4.00. The van der Waals surface area contributed by atoms with E-state index in [0.29, 0.717) is 13.2 Å². The second kappa shape index (κ2) is 11.5. The molecule has 176 valence electrons. The molecule has 8 heteroatoms. The first kappa shape index (κ1) is 27.7. The van der Waals surface area contributed by atoms with E-state index in [1.165, 1.54) is 0 Å². The standard InChI is InChI=1S/C23H39BrN2O4Si/c1-22(2,3)30-21(28)25-14-15-26(20(27)16-24)19(18-12-10-9-11-13-18)17-29-31(7,8)23(4,5)6/h9-13,19H,14-17H2,1-8H3,(H,25,28)/t19-/m0/s1. The quantitative estimate of drug-likeness (QED) is 0.349. The van der Waals surface area contributed by atoms with Crippen LogP contribution in [0.5, 0.6) is 0 Å². The van der Waals surface area contributed by atoms with E-state index in [9.17, 15) is 9.59 Å². The number of carbonyl (C=O) groups is 2. The molecule has 0 aromatic heterocycles. The summed E-state index contributed by atoms with van der Waals surface area (Å²) in [6, 6.07) is 9.65. The molecule has 1 rings (SSSR count). The van der Waals surface area contributed by atoms with Gasteiger partial charge in [0.25, 0.3) is 0 Å². The lowest BCUT2D eigenvalue weighted by Gasteiger charge is -2.39. The highest BCUT2D eigenvalue weighted by Crippen LogP contribution is 2.37. The molecule has 31 heavy (non-hydrogen) atoms. The van der Waals surface area contributed by atoms with Gasteiger partial charge >= 0.3 is 6.09 Å². The van der Waals surface area contributed by atoms with Gasteiger partial charge < -0.3 is 19.4 Å². The normalized spacial score (nSPS) is 13.5. The number of amides is 2. The number of hydrogen-bond acceptors (Lipinski definition) is 4. The monoisotopic (exact) mass is 514 g/mol. The Morgan fingerprint density at radius 1 is 1.10 bits per heavy atom. The molecule has 1 aromatic rings. The van der Waals surface area contributed by atoms with Crippen molar-refractivity contribution in [2.24, 2.45) is 0 Å². The molecule has 0 saturated carbocycles. The minimum atomic E-state index is -2.01. The summed E-state index contributed by atoms with van der Waals surface area (Å²) in [6.45, 7) is 17.5. The van der Waals surface area contributed by atoms with Gasteiger partial charge in [0.2, 0.25) is 5.91 Å². The van der Waals surface area contributed by atoms with Crippen LogP contribution in [0, 0.1) is 0 Å². The molecule has 0 unspecified atom stereocenters. The minimum absolute atomic E-state index is 0.0568. The number of rotatable bonds is 9. The van der Waals surface area contributed by atoms with E-state index in [1.807, 2.05) is 51.1 Å². The number of alkyl halides is 1. The third kappa shape index (κ3) is 9.33. The number of nitrogens with one attached hydrogen (secondary N) is 1. The Labute approximate surface area is 197 Å². The molecule has 0 heterocycles.